The van der Waals surface area contributed by atoms with Crippen molar-refractivity contribution in [2.24, 2.45) is 0 Å². The number of carbonyl (C=O) groups is 1. The lowest BCUT2D eigenvalue weighted by atomic mass is 10.1. The minimum Gasteiger partial charge on any atom is -0.424 e. The minimum absolute atomic E-state index is 0.0508. The number of nitrogens with one attached hydrogen (secondary N) is 2. The zero-order valence-corrected chi connectivity index (χ0v) is 14.5. The number of amides is 1. The number of anilines is 1. The number of rotatable bonds is 4. The van der Waals surface area contributed by atoms with Crippen molar-refractivity contribution in [2.75, 3.05) is 5.32 Å². The van der Waals surface area contributed by atoms with Crippen LogP contribution < -0.4 is 15.6 Å². The Morgan fingerprint density at radius 2 is 1.88 bits per heavy atom. The van der Waals surface area contributed by atoms with Gasteiger partial charge in [0.15, 0.2) is 0 Å². The number of ether oxygens (including phenoxy) is 1. The van der Waals surface area contributed by atoms with Crippen LogP contribution in [0.2, 0.25) is 0 Å². The summed E-state index contributed by atoms with van der Waals surface area (Å²) >= 11 is 0. The Morgan fingerprint density at radius 3 is 2.58 bits per heavy atom. The summed E-state index contributed by atoms with van der Waals surface area (Å²) in [5.74, 6) is 0.0536. The number of hydrogen-bond donors (Lipinski definition) is 2. The van der Waals surface area contributed by atoms with E-state index in [0.717, 1.165) is 5.56 Å². The predicted octanol–water partition coefficient (Wildman–Crippen LogP) is 2.53. The lowest BCUT2D eigenvalue weighted by molar-refractivity contribution is 0.102. The van der Waals surface area contributed by atoms with Crippen LogP contribution in [0.1, 0.15) is 27.2 Å². The largest absolute Gasteiger partial charge is 0.424 e. The molecule has 132 valence electrons. The van der Waals surface area contributed by atoms with Gasteiger partial charge in [-0.25, -0.2) is 15.1 Å². The van der Waals surface area contributed by atoms with Crippen LogP contribution >= 0.6 is 0 Å². The average molecular weight is 351 g/mol. The molecule has 2 N–H and O–H groups in total. The molecule has 0 aliphatic carbocycles. The van der Waals surface area contributed by atoms with Gasteiger partial charge in [0.05, 0.1) is 5.69 Å². The van der Waals surface area contributed by atoms with Gasteiger partial charge in [-0.3, -0.25) is 9.59 Å². The van der Waals surface area contributed by atoms with Gasteiger partial charge in [0.25, 0.3) is 11.5 Å². The molecule has 0 bridgehead atoms. The third-order valence-electron chi connectivity index (χ3n) is 3.89. The van der Waals surface area contributed by atoms with E-state index in [-0.39, 0.29) is 11.6 Å². The first kappa shape index (κ1) is 17.3. The van der Waals surface area contributed by atoms with Crippen molar-refractivity contribution in [3.63, 3.8) is 0 Å². The van der Waals surface area contributed by atoms with E-state index in [2.05, 4.69) is 25.5 Å². The van der Waals surface area contributed by atoms with E-state index in [1.807, 2.05) is 6.92 Å². The summed E-state index contributed by atoms with van der Waals surface area (Å²) in [6.45, 7) is 5.24. The van der Waals surface area contributed by atoms with Gasteiger partial charge in [-0.05, 0) is 56.2 Å². The normalized spacial score (nSPS) is 10.4. The summed E-state index contributed by atoms with van der Waals surface area (Å²) in [5, 5.41) is 8.93. The van der Waals surface area contributed by atoms with E-state index in [0.29, 0.717) is 22.7 Å². The topological polar surface area (TPSA) is 110 Å². The molecule has 0 spiro atoms. The van der Waals surface area contributed by atoms with E-state index in [9.17, 15) is 9.59 Å². The number of nitrogens with zero attached hydrogens (tertiary/aromatic N) is 3. The summed E-state index contributed by atoms with van der Waals surface area (Å²) in [5.41, 5.74) is 2.01. The molecule has 2 aromatic heterocycles. The zero-order valence-electron chi connectivity index (χ0n) is 14.5. The van der Waals surface area contributed by atoms with Crippen molar-refractivity contribution < 1.29 is 9.53 Å². The first-order valence-corrected chi connectivity index (χ1v) is 7.88. The third-order valence-corrected chi connectivity index (χ3v) is 3.89. The summed E-state index contributed by atoms with van der Waals surface area (Å²) in [6, 6.07) is 7.07. The average Bonchev–Trinajstić information content (AvgIpc) is 2.62. The number of benzene rings is 1. The van der Waals surface area contributed by atoms with Gasteiger partial charge in [-0.15, -0.1) is 0 Å². The Balaban J connectivity index is 1.82. The number of aryl methyl sites for hydroxylation is 2. The molecule has 26 heavy (non-hydrogen) atoms. The molecule has 2 heterocycles. The zero-order chi connectivity index (χ0) is 18.7. The van der Waals surface area contributed by atoms with Crippen LogP contribution in [-0.2, 0) is 0 Å². The van der Waals surface area contributed by atoms with E-state index >= 15 is 0 Å². The van der Waals surface area contributed by atoms with Crippen molar-refractivity contribution in [3.05, 3.63) is 69.4 Å². The molecular weight excluding hydrogens is 334 g/mol. The Morgan fingerprint density at radius 1 is 1.15 bits per heavy atom. The highest BCUT2D eigenvalue weighted by Crippen LogP contribution is 2.24. The summed E-state index contributed by atoms with van der Waals surface area (Å²) in [6.07, 6.45) is 3.17. The lowest BCUT2D eigenvalue weighted by Gasteiger charge is -2.11. The Bertz CT molecular complexity index is 1020. The highest BCUT2D eigenvalue weighted by Gasteiger charge is 2.17. The van der Waals surface area contributed by atoms with Crippen molar-refractivity contribution >= 4 is 11.6 Å². The molecule has 3 aromatic rings. The Labute approximate surface area is 149 Å². The minimum atomic E-state index is -0.524. The second-order valence-electron chi connectivity index (χ2n) is 5.70. The molecule has 0 saturated heterocycles. The molecule has 0 saturated carbocycles. The highest BCUT2D eigenvalue weighted by atomic mass is 16.5. The predicted molar refractivity (Wildman–Crippen MR) is 95.6 cm³/mol. The smallest absolute Gasteiger partial charge is 0.321 e. The van der Waals surface area contributed by atoms with E-state index in [1.54, 1.807) is 50.5 Å². The van der Waals surface area contributed by atoms with Crippen LogP contribution in [0.5, 0.6) is 11.8 Å². The molecule has 0 aliphatic rings. The Kier molecular flexibility index (Phi) is 4.74. The monoisotopic (exact) mass is 351 g/mol. The molecule has 0 unspecified atom stereocenters. The Hall–Kier alpha value is -3.55. The molecule has 0 radical (unpaired) electrons. The van der Waals surface area contributed by atoms with Gasteiger partial charge in [-0.2, -0.15) is 5.10 Å². The molecule has 1 aromatic carbocycles. The molecular formula is C18H17N5O3. The number of aromatic nitrogens is 4. The molecule has 3 rings (SSSR count). The first-order chi connectivity index (χ1) is 12.5. The quantitative estimate of drug-likeness (QED) is 0.747. The fraction of sp³-hybridized carbons (Fsp3) is 0.167. The van der Waals surface area contributed by atoms with E-state index < -0.39 is 11.5 Å². The van der Waals surface area contributed by atoms with Gasteiger partial charge in [0.2, 0.25) is 0 Å². The molecule has 8 heteroatoms. The van der Waals surface area contributed by atoms with E-state index in [4.69, 9.17) is 4.74 Å². The van der Waals surface area contributed by atoms with Crippen molar-refractivity contribution in [3.8, 4) is 11.8 Å². The molecule has 8 nitrogen and oxygen atoms in total. The van der Waals surface area contributed by atoms with Crippen molar-refractivity contribution in [1.29, 1.82) is 0 Å². The van der Waals surface area contributed by atoms with Crippen LogP contribution in [0, 0.1) is 20.8 Å². The van der Waals surface area contributed by atoms with Gasteiger partial charge in [0.1, 0.15) is 11.3 Å². The highest BCUT2D eigenvalue weighted by molar-refractivity contribution is 6.05. The van der Waals surface area contributed by atoms with Gasteiger partial charge in [-0.1, -0.05) is 0 Å². The molecule has 1 amide bonds. The lowest BCUT2D eigenvalue weighted by Crippen LogP contribution is -2.26. The van der Waals surface area contributed by atoms with Crippen LogP contribution in [0.3, 0.4) is 0 Å². The number of aromatic amines is 1. The van der Waals surface area contributed by atoms with Crippen molar-refractivity contribution in [1.82, 2.24) is 20.2 Å². The van der Waals surface area contributed by atoms with E-state index in [1.165, 1.54) is 0 Å². The number of carbonyl (C=O) groups excluding carboxylic acids is 1. The summed E-state index contributed by atoms with van der Waals surface area (Å²) < 4.78 is 5.56. The SMILES string of the molecule is Cc1cc(Oc2ncccn2)ccc1NC(=O)c1c(C)c(C)n[nH]c1=O. The maximum atomic E-state index is 12.5. The molecule has 0 atom stereocenters. The van der Waals surface area contributed by atoms with Crippen LogP contribution in [0.4, 0.5) is 5.69 Å². The maximum Gasteiger partial charge on any atom is 0.321 e. The number of H-pyrrole nitrogens is 1. The van der Waals surface area contributed by atoms with Gasteiger partial charge < -0.3 is 10.1 Å². The van der Waals surface area contributed by atoms with Gasteiger partial charge in [0, 0.05) is 18.1 Å². The second-order valence-corrected chi connectivity index (χ2v) is 5.70. The third kappa shape index (κ3) is 3.59. The molecule has 0 fully saturated rings. The van der Waals surface area contributed by atoms with Gasteiger partial charge >= 0.3 is 6.01 Å². The van der Waals surface area contributed by atoms with Crippen LogP contribution in [0.25, 0.3) is 0 Å². The standard InChI is InChI=1S/C18H17N5O3/c1-10-9-13(26-18-19-7-4-8-20-18)5-6-14(10)21-16(24)15-11(2)12(3)22-23-17(15)25/h4-9H,1-3H3,(H,21,24)(H,23,25). The molecule has 0 aliphatic heterocycles. The maximum absolute atomic E-state index is 12.5. The fourth-order valence-electron chi connectivity index (χ4n) is 2.37. The van der Waals surface area contributed by atoms with Crippen LogP contribution in [0.15, 0.2) is 41.5 Å². The second kappa shape index (κ2) is 7.14. The fourth-order valence-corrected chi connectivity index (χ4v) is 2.37. The number of hydrogen-bond acceptors (Lipinski definition) is 6. The first-order valence-electron chi connectivity index (χ1n) is 7.88. The van der Waals surface area contributed by atoms with Crippen molar-refractivity contribution in [2.45, 2.75) is 20.8 Å². The van der Waals surface area contributed by atoms with Crippen LogP contribution in [-0.4, -0.2) is 26.1 Å². The summed E-state index contributed by atoms with van der Waals surface area (Å²) in [4.78, 5) is 32.5. The summed E-state index contributed by atoms with van der Waals surface area (Å²) in [7, 11) is 0.